The Bertz CT molecular complexity index is 1090. The molecule has 90 heavy (non-hydrogen) atoms. The van der Waals surface area contributed by atoms with Crippen molar-refractivity contribution in [3.05, 3.63) is 0 Å². The molecule has 4 N–H and O–H groups in total. The standard InChI is InChI=1S/C11H23NO3.2C8H17NO2.2C7H16O2.2C6H14O.C5H11NO.C5H12O.C4H10O.C3H8/c1-3-7-14-9-5-11(13)12-6-10-15-8-4-2;1-3-6-11-7-5-8(10)9-4-2;1-3-6-11-7-5-9-8(10)4-2;1-3-8-6-5-7-9-4-2;1-3-5-9-7-6-8-4-2;1-3-5-6-7-4-2;1-3-5-7-6-4-2;1-3-5(7)6-4-2;1-3-5-6-4-2;1-3-5-4-2;1-3-2/h3-10H2,1-2H3,(H,12,13);2*3-7H2,1-2H3,(H,9,10);2*3-7H2,1-2H3;2*3-6H2,1-2H3;3-4H2,1-2H3,(H,6,7);3-5H2,1-2H3;3-4H2,1-2H3;3H2,1-2H3. The third-order valence-corrected chi connectivity index (χ3v) is 9.28. The van der Waals surface area contributed by atoms with Gasteiger partial charge in [-0.25, -0.2) is 0 Å². The Kier molecular flexibility index (Phi) is 162. The van der Waals surface area contributed by atoms with Gasteiger partial charge in [-0.2, -0.15) is 0 Å². The van der Waals surface area contributed by atoms with Crippen LogP contribution in [0.1, 0.15) is 255 Å². The van der Waals surface area contributed by atoms with Gasteiger partial charge < -0.3 is 78.1 Å². The van der Waals surface area contributed by atoms with Gasteiger partial charge in [0, 0.05) is 171 Å². The van der Waals surface area contributed by atoms with Crippen LogP contribution in [-0.2, 0) is 76.0 Å². The Morgan fingerprint density at radius 3 is 0.733 bits per heavy atom. The van der Waals surface area contributed by atoms with E-state index in [1.807, 2.05) is 90.0 Å². The van der Waals surface area contributed by atoms with Gasteiger partial charge in [0.25, 0.3) is 0 Å². The number of rotatable bonds is 49. The lowest BCUT2D eigenvalue weighted by atomic mass is 10.4. The zero-order valence-corrected chi connectivity index (χ0v) is 63.6. The Morgan fingerprint density at radius 2 is 0.456 bits per heavy atom. The third kappa shape index (κ3) is 178. The summed E-state index contributed by atoms with van der Waals surface area (Å²) in [4.78, 5) is 43.0. The van der Waals surface area contributed by atoms with E-state index in [2.05, 4.69) is 83.6 Å². The summed E-state index contributed by atoms with van der Waals surface area (Å²) in [5, 5.41) is 10.9. The molecule has 0 spiro atoms. The second-order valence-corrected chi connectivity index (χ2v) is 18.7. The number of hydrogen-bond donors (Lipinski definition) is 4. The van der Waals surface area contributed by atoms with Gasteiger partial charge in [-0.3, -0.25) is 19.2 Å². The van der Waals surface area contributed by atoms with Gasteiger partial charge >= 0.3 is 0 Å². The van der Waals surface area contributed by atoms with Gasteiger partial charge in [0.2, 0.25) is 23.6 Å². The molecule has 0 saturated heterocycles. The van der Waals surface area contributed by atoms with E-state index in [9.17, 15) is 19.2 Å². The Hall–Kier alpha value is -2.60. The first-order valence-electron chi connectivity index (χ1n) is 35.6. The summed E-state index contributed by atoms with van der Waals surface area (Å²) in [6.07, 6.45) is 15.3. The van der Waals surface area contributed by atoms with E-state index in [4.69, 9.17) is 56.8 Å². The SMILES string of the molecule is CCC.CCCCOCC.CCCOCC.CCCOCCC.CCCOCCC(=O)NCC.CCCOCCNC(=O)CC.CCCOCCNC(=O)CCOCCC.CCCOCCOCC.CCNC(=O)CC.CCOCC.CCOCCCOCC. The predicted octanol–water partition coefficient (Wildman–Crippen LogP) is 14.2. The molecule has 0 rings (SSSR count). The van der Waals surface area contributed by atoms with E-state index in [1.54, 1.807) is 0 Å². The minimum atomic E-state index is 0.0335. The maximum Gasteiger partial charge on any atom is 0.222 e. The highest BCUT2D eigenvalue weighted by Crippen LogP contribution is 1.89. The highest BCUT2D eigenvalue weighted by Gasteiger charge is 2.00. The van der Waals surface area contributed by atoms with Crippen molar-refractivity contribution in [1.82, 2.24) is 21.3 Å². The van der Waals surface area contributed by atoms with Crippen molar-refractivity contribution in [2.45, 2.75) is 255 Å². The molecule has 0 heterocycles. The largest absolute Gasteiger partial charge is 0.382 e. The molecule has 0 aromatic carbocycles. The molecule has 0 aliphatic carbocycles. The normalized spacial score (nSPS) is 9.44. The Balaban J connectivity index is -0.0000000864. The molecule has 4 amide bonds. The summed E-state index contributed by atoms with van der Waals surface area (Å²) in [7, 11) is 0. The van der Waals surface area contributed by atoms with Crippen LogP contribution in [0.2, 0.25) is 0 Å². The number of carbonyl (C=O) groups is 4. The van der Waals surface area contributed by atoms with Crippen LogP contribution in [-0.4, -0.2) is 208 Å². The second kappa shape index (κ2) is 131. The van der Waals surface area contributed by atoms with Gasteiger partial charge in [0.1, 0.15) is 0 Å². The molecular formula is C70H158N4O16. The number of amides is 4. The van der Waals surface area contributed by atoms with Crippen molar-refractivity contribution in [2.75, 3.05) is 185 Å². The summed E-state index contributed by atoms with van der Waals surface area (Å²) < 4.78 is 61.2. The fraction of sp³-hybridized carbons (Fsp3) is 0.943. The number of carbonyl (C=O) groups excluding carboxylic acids is 4. The highest BCUT2D eigenvalue weighted by molar-refractivity contribution is 5.76. The molecule has 0 fully saturated rings. The molecule has 0 aliphatic heterocycles. The minimum absolute atomic E-state index is 0.0335. The average Bonchev–Trinajstić information content (AvgIpc) is 3.54. The van der Waals surface area contributed by atoms with Gasteiger partial charge in [-0.1, -0.05) is 103 Å². The first-order valence-corrected chi connectivity index (χ1v) is 35.6. The maximum atomic E-state index is 11.2. The summed E-state index contributed by atoms with van der Waals surface area (Å²) in [5.41, 5.74) is 0. The van der Waals surface area contributed by atoms with Crippen LogP contribution in [0.5, 0.6) is 0 Å². The van der Waals surface area contributed by atoms with Crippen LogP contribution in [0.3, 0.4) is 0 Å². The van der Waals surface area contributed by atoms with Crippen LogP contribution in [0.15, 0.2) is 0 Å². The van der Waals surface area contributed by atoms with Crippen molar-refractivity contribution in [1.29, 1.82) is 0 Å². The number of hydrogen-bond acceptors (Lipinski definition) is 16. The summed E-state index contributed by atoms with van der Waals surface area (Å²) >= 11 is 0. The van der Waals surface area contributed by atoms with Crippen molar-refractivity contribution in [3.63, 3.8) is 0 Å². The number of ether oxygens (including phenoxy) is 12. The summed E-state index contributed by atoms with van der Waals surface area (Å²) in [6.45, 7) is 66.0. The summed E-state index contributed by atoms with van der Waals surface area (Å²) in [6, 6.07) is 0. The lowest BCUT2D eigenvalue weighted by molar-refractivity contribution is -0.123. The summed E-state index contributed by atoms with van der Waals surface area (Å²) in [5.74, 6) is 0.322. The molecule has 0 saturated carbocycles. The van der Waals surface area contributed by atoms with E-state index >= 15 is 0 Å². The van der Waals surface area contributed by atoms with Crippen LogP contribution >= 0.6 is 0 Å². The lowest BCUT2D eigenvalue weighted by Gasteiger charge is -2.06. The molecular weight excluding hydrogens is 1150 g/mol. The molecule has 20 heteroatoms. The van der Waals surface area contributed by atoms with E-state index < -0.39 is 0 Å². The highest BCUT2D eigenvalue weighted by atomic mass is 16.5. The fourth-order valence-corrected chi connectivity index (χ4v) is 5.00. The monoisotopic (exact) mass is 1310 g/mol. The van der Waals surface area contributed by atoms with Crippen LogP contribution in [0.25, 0.3) is 0 Å². The fourth-order valence-electron chi connectivity index (χ4n) is 5.00. The van der Waals surface area contributed by atoms with Gasteiger partial charge in [-0.05, 0) is 127 Å². The van der Waals surface area contributed by atoms with Crippen LogP contribution in [0, 0.1) is 0 Å². The predicted molar refractivity (Wildman–Crippen MR) is 381 cm³/mol. The smallest absolute Gasteiger partial charge is 0.222 e. The Labute approximate surface area is 558 Å². The van der Waals surface area contributed by atoms with Crippen LogP contribution in [0.4, 0.5) is 0 Å². The van der Waals surface area contributed by atoms with Crippen LogP contribution < -0.4 is 21.3 Å². The zero-order chi connectivity index (χ0) is 70.7. The van der Waals surface area contributed by atoms with E-state index in [0.29, 0.717) is 71.7 Å². The number of nitrogens with one attached hydrogen (secondary N) is 4. The van der Waals surface area contributed by atoms with E-state index in [-0.39, 0.29) is 23.6 Å². The minimum Gasteiger partial charge on any atom is -0.382 e. The molecule has 20 nitrogen and oxygen atoms in total. The van der Waals surface area contributed by atoms with Crippen molar-refractivity contribution >= 4 is 23.6 Å². The first-order chi connectivity index (χ1) is 43.6. The van der Waals surface area contributed by atoms with Crippen molar-refractivity contribution < 1.29 is 76.0 Å². The quantitative estimate of drug-likeness (QED) is 0.0415. The van der Waals surface area contributed by atoms with Crippen molar-refractivity contribution in [3.8, 4) is 0 Å². The average molecular weight is 1310 g/mol. The van der Waals surface area contributed by atoms with E-state index in [1.165, 1.54) is 19.3 Å². The molecule has 0 atom stereocenters. The first kappa shape index (κ1) is 112. The molecule has 0 bridgehead atoms. The Morgan fingerprint density at radius 1 is 0.222 bits per heavy atom. The molecule has 0 aromatic heterocycles. The molecule has 0 radical (unpaired) electrons. The van der Waals surface area contributed by atoms with Gasteiger partial charge in [0.15, 0.2) is 0 Å². The molecule has 0 aliphatic rings. The molecule has 0 aromatic rings. The topological polar surface area (TPSA) is 227 Å². The third-order valence-electron chi connectivity index (χ3n) is 9.28. The van der Waals surface area contributed by atoms with Gasteiger partial charge in [0.05, 0.1) is 39.6 Å². The lowest BCUT2D eigenvalue weighted by Crippen LogP contribution is -2.28. The van der Waals surface area contributed by atoms with Gasteiger partial charge in [-0.15, -0.1) is 0 Å². The van der Waals surface area contributed by atoms with Crippen molar-refractivity contribution in [2.24, 2.45) is 0 Å². The zero-order valence-electron chi connectivity index (χ0n) is 63.6. The molecule has 0 unspecified atom stereocenters. The maximum absolute atomic E-state index is 11.2. The molecule has 554 valence electrons. The van der Waals surface area contributed by atoms with E-state index in [0.717, 1.165) is 196 Å². The second-order valence-electron chi connectivity index (χ2n) is 18.7. The number of unbranched alkanes of at least 4 members (excludes halogenated alkanes) is 1.